The molecule has 2 aliphatic rings. The summed E-state index contributed by atoms with van der Waals surface area (Å²) in [4.78, 5) is 15.7. The Morgan fingerprint density at radius 3 is 3.08 bits per heavy atom. The van der Waals surface area contributed by atoms with Gasteiger partial charge in [0, 0.05) is 39.6 Å². The normalized spacial score (nSPS) is 25.9. The number of hydrogen-bond donors (Lipinski definition) is 1. The maximum atomic E-state index is 11.7. The Morgan fingerprint density at radius 2 is 2.32 bits per heavy atom. The predicted molar refractivity (Wildman–Crippen MR) is 94.9 cm³/mol. The third kappa shape index (κ3) is 4.30. The molecule has 0 saturated carbocycles. The molecule has 6 nitrogen and oxygen atoms in total. The second-order valence-corrected chi connectivity index (χ2v) is 7.21. The van der Waals surface area contributed by atoms with Crippen molar-refractivity contribution in [3.63, 3.8) is 0 Å². The van der Waals surface area contributed by atoms with Gasteiger partial charge in [-0.25, -0.2) is 4.79 Å². The van der Waals surface area contributed by atoms with Crippen molar-refractivity contribution in [2.45, 2.75) is 19.1 Å². The lowest BCUT2D eigenvalue weighted by Crippen LogP contribution is -2.45. The maximum absolute atomic E-state index is 11.7. The fourth-order valence-corrected chi connectivity index (χ4v) is 3.86. The highest BCUT2D eigenvalue weighted by Crippen LogP contribution is 2.34. The summed E-state index contributed by atoms with van der Waals surface area (Å²) in [5.41, 5.74) is 1.90. The summed E-state index contributed by atoms with van der Waals surface area (Å²) in [6.07, 6.45) is 1.21. The summed E-state index contributed by atoms with van der Waals surface area (Å²) in [6, 6.07) is 9.97. The van der Waals surface area contributed by atoms with Crippen molar-refractivity contribution in [1.29, 1.82) is 5.26 Å². The molecular formula is C19H26N4O2. The van der Waals surface area contributed by atoms with Gasteiger partial charge in [0.25, 0.3) is 0 Å². The van der Waals surface area contributed by atoms with E-state index < -0.39 is 0 Å². The monoisotopic (exact) mass is 342 g/mol. The Morgan fingerprint density at radius 1 is 1.48 bits per heavy atom. The fraction of sp³-hybridized carbons (Fsp3) is 0.579. The topological polar surface area (TPSA) is 68.6 Å². The second-order valence-electron chi connectivity index (χ2n) is 7.21. The summed E-state index contributed by atoms with van der Waals surface area (Å²) in [6.45, 7) is 4.27. The zero-order valence-electron chi connectivity index (χ0n) is 14.9. The number of carbonyl (C=O) groups is 1. The number of nitrogens with one attached hydrogen (secondary N) is 1. The van der Waals surface area contributed by atoms with Gasteiger partial charge in [0.1, 0.15) is 0 Å². The second kappa shape index (κ2) is 7.85. The number of piperidine rings is 1. The van der Waals surface area contributed by atoms with E-state index in [4.69, 9.17) is 10.00 Å². The molecule has 1 N–H and O–H groups in total. The molecule has 0 aliphatic carbocycles. The Kier molecular flexibility index (Phi) is 5.57. The third-order valence-corrected chi connectivity index (χ3v) is 5.20. The van der Waals surface area contributed by atoms with Gasteiger partial charge >= 0.3 is 6.03 Å². The van der Waals surface area contributed by atoms with E-state index in [1.807, 2.05) is 18.2 Å². The van der Waals surface area contributed by atoms with E-state index in [-0.39, 0.29) is 12.1 Å². The molecule has 1 aromatic rings. The molecule has 0 spiro atoms. The van der Waals surface area contributed by atoms with Crippen LogP contribution in [0.1, 0.15) is 17.5 Å². The van der Waals surface area contributed by atoms with Crippen molar-refractivity contribution in [3.05, 3.63) is 35.4 Å². The average Bonchev–Trinajstić information content (AvgIpc) is 3.02. The van der Waals surface area contributed by atoms with E-state index in [1.54, 1.807) is 19.0 Å². The van der Waals surface area contributed by atoms with E-state index in [1.165, 1.54) is 5.56 Å². The minimum Gasteiger partial charge on any atom is -0.376 e. The summed E-state index contributed by atoms with van der Waals surface area (Å²) >= 11 is 0. The molecule has 0 radical (unpaired) electrons. The van der Waals surface area contributed by atoms with E-state index in [0.717, 1.165) is 32.7 Å². The Labute approximate surface area is 149 Å². The molecule has 2 saturated heterocycles. The number of amides is 2. The summed E-state index contributed by atoms with van der Waals surface area (Å²) < 4.78 is 5.96. The molecule has 6 heteroatoms. The molecule has 0 aromatic heterocycles. The SMILES string of the molecule is CN(C)C(=O)NC[C@@H]1OC[C@H]2CN(Cc3cccc(C#N)c3)CC[C@H]21. The van der Waals surface area contributed by atoms with E-state index in [9.17, 15) is 4.79 Å². The molecule has 3 atom stereocenters. The molecule has 2 amide bonds. The van der Waals surface area contributed by atoms with Crippen LogP contribution in [0.4, 0.5) is 4.79 Å². The first kappa shape index (κ1) is 17.7. The highest BCUT2D eigenvalue weighted by molar-refractivity contribution is 5.73. The van der Waals surface area contributed by atoms with Gasteiger partial charge in [0.15, 0.2) is 0 Å². The van der Waals surface area contributed by atoms with Crippen LogP contribution in [0.2, 0.25) is 0 Å². The Balaban J connectivity index is 1.51. The predicted octanol–water partition coefficient (Wildman–Crippen LogP) is 1.67. The molecule has 2 heterocycles. The number of nitriles is 1. The van der Waals surface area contributed by atoms with Crippen molar-refractivity contribution in [3.8, 4) is 6.07 Å². The average molecular weight is 342 g/mol. The van der Waals surface area contributed by atoms with Crippen LogP contribution in [-0.4, -0.2) is 62.3 Å². The van der Waals surface area contributed by atoms with Crippen LogP contribution >= 0.6 is 0 Å². The van der Waals surface area contributed by atoms with Crippen molar-refractivity contribution in [1.82, 2.24) is 15.1 Å². The number of nitrogens with zero attached hydrogens (tertiary/aromatic N) is 3. The highest BCUT2D eigenvalue weighted by Gasteiger charge is 2.40. The van der Waals surface area contributed by atoms with Crippen LogP contribution in [-0.2, 0) is 11.3 Å². The minimum absolute atomic E-state index is 0.0677. The van der Waals surface area contributed by atoms with Gasteiger partial charge in [-0.2, -0.15) is 5.26 Å². The third-order valence-electron chi connectivity index (χ3n) is 5.20. The van der Waals surface area contributed by atoms with Crippen LogP contribution in [0.3, 0.4) is 0 Å². The largest absolute Gasteiger partial charge is 0.376 e. The van der Waals surface area contributed by atoms with Gasteiger partial charge in [0.2, 0.25) is 0 Å². The number of carbonyl (C=O) groups excluding carboxylic acids is 1. The van der Waals surface area contributed by atoms with E-state index in [0.29, 0.717) is 23.9 Å². The summed E-state index contributed by atoms with van der Waals surface area (Å²) in [5.74, 6) is 1.04. The van der Waals surface area contributed by atoms with Gasteiger partial charge in [-0.15, -0.1) is 0 Å². The number of urea groups is 1. The quantitative estimate of drug-likeness (QED) is 0.904. The zero-order valence-corrected chi connectivity index (χ0v) is 14.9. The van der Waals surface area contributed by atoms with Crippen LogP contribution < -0.4 is 5.32 Å². The molecule has 2 aliphatic heterocycles. The number of rotatable bonds is 4. The highest BCUT2D eigenvalue weighted by atomic mass is 16.5. The number of likely N-dealkylation sites (tertiary alicyclic amines) is 1. The van der Waals surface area contributed by atoms with Crippen LogP contribution in [0.25, 0.3) is 0 Å². The molecule has 134 valence electrons. The maximum Gasteiger partial charge on any atom is 0.316 e. The van der Waals surface area contributed by atoms with E-state index in [2.05, 4.69) is 22.4 Å². The van der Waals surface area contributed by atoms with Crippen LogP contribution in [0.5, 0.6) is 0 Å². The fourth-order valence-electron chi connectivity index (χ4n) is 3.86. The number of fused-ring (bicyclic) bond motifs is 1. The van der Waals surface area contributed by atoms with Gasteiger partial charge < -0.3 is 15.0 Å². The summed E-state index contributed by atoms with van der Waals surface area (Å²) in [5, 5.41) is 12.0. The van der Waals surface area contributed by atoms with E-state index >= 15 is 0 Å². The van der Waals surface area contributed by atoms with Crippen molar-refractivity contribution in [2.75, 3.05) is 40.3 Å². The van der Waals surface area contributed by atoms with Gasteiger partial charge in [-0.05, 0) is 36.6 Å². The number of hydrogen-bond acceptors (Lipinski definition) is 4. The molecule has 1 aromatic carbocycles. The molecule has 0 bridgehead atoms. The van der Waals surface area contributed by atoms with Crippen molar-refractivity contribution < 1.29 is 9.53 Å². The minimum atomic E-state index is -0.0677. The summed E-state index contributed by atoms with van der Waals surface area (Å²) in [7, 11) is 3.49. The first-order valence-electron chi connectivity index (χ1n) is 8.85. The van der Waals surface area contributed by atoms with Crippen LogP contribution in [0, 0.1) is 23.2 Å². The van der Waals surface area contributed by atoms with Gasteiger partial charge in [-0.1, -0.05) is 12.1 Å². The van der Waals surface area contributed by atoms with Crippen molar-refractivity contribution >= 4 is 6.03 Å². The van der Waals surface area contributed by atoms with Gasteiger partial charge in [0.05, 0.1) is 24.3 Å². The number of benzene rings is 1. The lowest BCUT2D eigenvalue weighted by atomic mass is 9.84. The molecular weight excluding hydrogens is 316 g/mol. The van der Waals surface area contributed by atoms with Crippen molar-refractivity contribution in [2.24, 2.45) is 11.8 Å². The molecule has 25 heavy (non-hydrogen) atoms. The van der Waals surface area contributed by atoms with Gasteiger partial charge in [-0.3, -0.25) is 4.90 Å². The standard InChI is InChI=1S/C19H26N4O2/c1-22(2)19(24)21-10-18-17-6-7-23(12-16(17)13-25-18)11-15-5-3-4-14(8-15)9-20/h3-5,8,16-18H,6-7,10-13H2,1-2H3,(H,21,24)/t16-,17-,18+/m1/s1. The lowest BCUT2D eigenvalue weighted by Gasteiger charge is -2.35. The molecule has 0 unspecified atom stereocenters. The first-order chi connectivity index (χ1) is 12.1. The zero-order chi connectivity index (χ0) is 17.8. The number of ether oxygens (including phenoxy) is 1. The molecule has 3 rings (SSSR count). The lowest BCUT2D eigenvalue weighted by molar-refractivity contribution is 0.0846. The first-order valence-corrected chi connectivity index (χ1v) is 8.85. The smallest absolute Gasteiger partial charge is 0.316 e. The Hall–Kier alpha value is -2.10. The van der Waals surface area contributed by atoms with Crippen LogP contribution in [0.15, 0.2) is 24.3 Å². The Bertz CT molecular complexity index is 655. The molecule has 2 fully saturated rings.